The van der Waals surface area contributed by atoms with Crippen molar-refractivity contribution in [3.05, 3.63) is 0 Å². The number of carbonyl (C=O) groups is 1. The smallest absolute Gasteiger partial charge is 0.373 e. The summed E-state index contributed by atoms with van der Waals surface area (Å²) < 4.78 is 38.1. The molecule has 0 bridgehead atoms. The van der Waals surface area contributed by atoms with E-state index in [2.05, 4.69) is 10.1 Å². The molecule has 0 spiro atoms. The number of carbonyl (C=O) groups excluding carboxylic acids is 1. The Balaban J connectivity index is 2.38. The lowest BCUT2D eigenvalue weighted by Gasteiger charge is -2.21. The molecule has 1 heterocycles. The van der Waals surface area contributed by atoms with Crippen molar-refractivity contribution in [3.8, 4) is 0 Å². The normalized spacial score (nSPS) is 24.1. The third-order valence-electron chi connectivity index (χ3n) is 1.85. The van der Waals surface area contributed by atoms with E-state index in [1.54, 1.807) is 0 Å². The maximum Gasteiger partial charge on any atom is 0.575 e. The lowest BCUT2D eigenvalue weighted by atomic mass is 10.0. The largest absolute Gasteiger partial charge is 0.575 e. The van der Waals surface area contributed by atoms with Gasteiger partial charge in [-0.3, -0.25) is 4.79 Å². The van der Waals surface area contributed by atoms with E-state index >= 15 is 0 Å². The standard InChI is InChI=1S/C7H10F3NO2/c8-7(9,10)13-6(12)5-2-1-3-11-4-5/h5,11H,1-4H2. The molecule has 0 amide bonds. The third-order valence-corrected chi connectivity index (χ3v) is 1.85. The Morgan fingerprint density at radius 2 is 2.15 bits per heavy atom. The second kappa shape index (κ2) is 3.95. The molecule has 1 N–H and O–H groups in total. The number of ether oxygens (including phenoxy) is 1. The summed E-state index contributed by atoms with van der Waals surface area (Å²) in [6, 6.07) is 0. The van der Waals surface area contributed by atoms with E-state index in [0.717, 1.165) is 6.54 Å². The van der Waals surface area contributed by atoms with Crippen molar-refractivity contribution in [3.63, 3.8) is 0 Å². The topological polar surface area (TPSA) is 38.3 Å². The van der Waals surface area contributed by atoms with E-state index in [1.807, 2.05) is 0 Å². The molecule has 3 nitrogen and oxygen atoms in total. The van der Waals surface area contributed by atoms with E-state index in [0.29, 0.717) is 12.8 Å². The summed E-state index contributed by atoms with van der Waals surface area (Å²) in [5.41, 5.74) is 0. The maximum absolute atomic E-state index is 11.6. The van der Waals surface area contributed by atoms with Gasteiger partial charge in [-0.15, -0.1) is 13.2 Å². The zero-order valence-corrected chi connectivity index (χ0v) is 6.86. The number of hydrogen-bond donors (Lipinski definition) is 1. The van der Waals surface area contributed by atoms with Crippen LogP contribution >= 0.6 is 0 Å². The van der Waals surface area contributed by atoms with Gasteiger partial charge in [0.2, 0.25) is 0 Å². The van der Waals surface area contributed by atoms with Crippen LogP contribution in [0.4, 0.5) is 13.2 Å². The van der Waals surface area contributed by atoms with Gasteiger partial charge in [-0.05, 0) is 19.4 Å². The monoisotopic (exact) mass is 197 g/mol. The van der Waals surface area contributed by atoms with Crippen LogP contribution in [0.15, 0.2) is 0 Å². The molecule has 1 fully saturated rings. The first-order valence-electron chi connectivity index (χ1n) is 3.99. The van der Waals surface area contributed by atoms with Gasteiger partial charge in [0.1, 0.15) is 0 Å². The minimum atomic E-state index is -4.85. The van der Waals surface area contributed by atoms with Crippen LogP contribution in [-0.2, 0) is 9.53 Å². The Hall–Kier alpha value is -0.780. The Morgan fingerprint density at radius 3 is 2.62 bits per heavy atom. The molecule has 1 unspecified atom stereocenters. The van der Waals surface area contributed by atoms with Gasteiger partial charge in [0, 0.05) is 6.54 Å². The molecule has 1 saturated heterocycles. The van der Waals surface area contributed by atoms with Crippen LogP contribution in [0.25, 0.3) is 0 Å². The van der Waals surface area contributed by atoms with E-state index in [9.17, 15) is 18.0 Å². The summed E-state index contributed by atoms with van der Waals surface area (Å²) in [4.78, 5) is 10.8. The summed E-state index contributed by atoms with van der Waals surface area (Å²) in [5.74, 6) is -1.84. The van der Waals surface area contributed by atoms with Crippen molar-refractivity contribution in [1.82, 2.24) is 5.32 Å². The fourth-order valence-electron chi connectivity index (χ4n) is 1.25. The highest BCUT2D eigenvalue weighted by Gasteiger charge is 2.37. The van der Waals surface area contributed by atoms with Crippen molar-refractivity contribution in [2.24, 2.45) is 5.92 Å². The number of nitrogens with one attached hydrogen (secondary N) is 1. The molecule has 1 rings (SSSR count). The highest BCUT2D eigenvalue weighted by atomic mass is 19.4. The highest BCUT2D eigenvalue weighted by molar-refractivity contribution is 5.73. The molecule has 0 aromatic carbocycles. The molecule has 1 aliphatic rings. The summed E-state index contributed by atoms with van der Waals surface area (Å²) in [6.07, 6.45) is -3.69. The lowest BCUT2D eigenvalue weighted by molar-refractivity contribution is -0.308. The SMILES string of the molecule is O=C(OC(F)(F)F)C1CCCNC1. The van der Waals surface area contributed by atoms with Crippen LogP contribution in [0.1, 0.15) is 12.8 Å². The molecular formula is C7H10F3NO2. The number of alkyl halides is 3. The van der Waals surface area contributed by atoms with Crippen molar-refractivity contribution in [2.45, 2.75) is 19.2 Å². The van der Waals surface area contributed by atoms with Gasteiger partial charge >= 0.3 is 12.3 Å². The van der Waals surface area contributed by atoms with Crippen molar-refractivity contribution in [1.29, 1.82) is 0 Å². The van der Waals surface area contributed by atoms with Gasteiger partial charge < -0.3 is 10.1 Å². The van der Waals surface area contributed by atoms with E-state index in [4.69, 9.17) is 0 Å². The number of esters is 1. The fraction of sp³-hybridized carbons (Fsp3) is 0.857. The molecule has 0 radical (unpaired) electrons. The predicted octanol–water partition coefficient (Wildman–Crippen LogP) is 1.05. The molecule has 1 aliphatic heterocycles. The number of piperidine rings is 1. The zero-order valence-electron chi connectivity index (χ0n) is 6.86. The summed E-state index contributed by atoms with van der Waals surface area (Å²) >= 11 is 0. The Morgan fingerprint density at radius 1 is 1.46 bits per heavy atom. The molecule has 0 aromatic rings. The van der Waals surface area contributed by atoms with Crippen LogP contribution < -0.4 is 5.32 Å². The van der Waals surface area contributed by atoms with Crippen LogP contribution in [0.3, 0.4) is 0 Å². The van der Waals surface area contributed by atoms with Gasteiger partial charge in [0.25, 0.3) is 0 Å². The molecule has 0 aromatic heterocycles. The minimum Gasteiger partial charge on any atom is -0.373 e. The molecular weight excluding hydrogens is 187 g/mol. The maximum atomic E-state index is 11.6. The fourth-order valence-corrected chi connectivity index (χ4v) is 1.25. The molecule has 0 aliphatic carbocycles. The van der Waals surface area contributed by atoms with Crippen LogP contribution in [-0.4, -0.2) is 25.4 Å². The van der Waals surface area contributed by atoms with Crippen LogP contribution in [0, 0.1) is 5.92 Å². The zero-order chi connectivity index (χ0) is 9.90. The lowest BCUT2D eigenvalue weighted by Crippen LogP contribution is -2.37. The van der Waals surface area contributed by atoms with Gasteiger partial charge in [-0.25, -0.2) is 0 Å². The van der Waals surface area contributed by atoms with Gasteiger partial charge in [-0.2, -0.15) is 0 Å². The number of rotatable bonds is 1. The number of halogens is 3. The second-order valence-corrected chi connectivity index (χ2v) is 2.91. The van der Waals surface area contributed by atoms with Crippen molar-refractivity contribution < 1.29 is 22.7 Å². The molecule has 13 heavy (non-hydrogen) atoms. The Bertz CT molecular complexity index is 187. The van der Waals surface area contributed by atoms with Gasteiger partial charge in [0.05, 0.1) is 5.92 Å². The van der Waals surface area contributed by atoms with E-state index in [1.165, 1.54) is 0 Å². The number of hydrogen-bond acceptors (Lipinski definition) is 3. The third kappa shape index (κ3) is 3.63. The molecule has 6 heteroatoms. The van der Waals surface area contributed by atoms with E-state index < -0.39 is 18.2 Å². The van der Waals surface area contributed by atoms with Crippen molar-refractivity contribution in [2.75, 3.05) is 13.1 Å². The quantitative estimate of drug-likeness (QED) is 0.638. The average molecular weight is 197 g/mol. The highest BCUT2D eigenvalue weighted by Crippen LogP contribution is 2.20. The molecule has 76 valence electrons. The summed E-state index contributed by atoms with van der Waals surface area (Å²) in [7, 11) is 0. The molecule has 0 saturated carbocycles. The Kier molecular flexibility index (Phi) is 3.13. The van der Waals surface area contributed by atoms with Crippen molar-refractivity contribution >= 4 is 5.97 Å². The first kappa shape index (κ1) is 10.3. The van der Waals surface area contributed by atoms with Gasteiger partial charge in [0.15, 0.2) is 0 Å². The van der Waals surface area contributed by atoms with Gasteiger partial charge in [-0.1, -0.05) is 0 Å². The first-order valence-corrected chi connectivity index (χ1v) is 3.99. The summed E-state index contributed by atoms with van der Waals surface area (Å²) in [6.45, 7) is 1.02. The predicted molar refractivity (Wildman–Crippen MR) is 37.7 cm³/mol. The van der Waals surface area contributed by atoms with E-state index in [-0.39, 0.29) is 6.54 Å². The second-order valence-electron chi connectivity index (χ2n) is 2.91. The van der Waals surface area contributed by atoms with Crippen LogP contribution in [0.2, 0.25) is 0 Å². The summed E-state index contributed by atoms with van der Waals surface area (Å²) in [5, 5.41) is 2.83. The minimum absolute atomic E-state index is 0.273. The Labute approximate surface area is 73.2 Å². The first-order chi connectivity index (χ1) is 5.99. The average Bonchev–Trinajstić information content (AvgIpc) is 2.03. The molecule has 1 atom stereocenters. The van der Waals surface area contributed by atoms with Crippen LogP contribution in [0.5, 0.6) is 0 Å².